The van der Waals surface area contributed by atoms with Gasteiger partial charge in [0, 0.05) is 5.56 Å². The number of carbonyl (C=O) groups excluding carboxylic acids is 2. The summed E-state index contributed by atoms with van der Waals surface area (Å²) in [5, 5.41) is 11.9. The summed E-state index contributed by atoms with van der Waals surface area (Å²) in [6.07, 6.45) is 0. The highest BCUT2D eigenvalue weighted by molar-refractivity contribution is 7.22. The van der Waals surface area contributed by atoms with E-state index in [1.807, 2.05) is 32.0 Å². The minimum atomic E-state index is -0.912. The monoisotopic (exact) mass is 528 g/mol. The summed E-state index contributed by atoms with van der Waals surface area (Å²) in [6.45, 7) is 5.13. The summed E-state index contributed by atoms with van der Waals surface area (Å²) in [4.78, 5) is 33.1. The van der Waals surface area contributed by atoms with E-state index < -0.39 is 17.7 Å². The van der Waals surface area contributed by atoms with E-state index >= 15 is 0 Å². The molecule has 9 heteroatoms. The number of ketones is 1. The molecule has 1 amide bonds. The van der Waals surface area contributed by atoms with E-state index in [4.69, 9.17) is 14.2 Å². The molecule has 0 bridgehead atoms. The number of hydrogen-bond donors (Lipinski definition) is 1. The molecule has 1 aromatic heterocycles. The summed E-state index contributed by atoms with van der Waals surface area (Å²) in [5.41, 5.74) is 2.72. The Kier molecular flexibility index (Phi) is 6.00. The third kappa shape index (κ3) is 4.05. The zero-order valence-electron chi connectivity index (χ0n) is 20.8. The standard InChI is InChI=1S/C29H24N2O6S/c1-3-35-19-6-4-5-17(14-19)25-24(26(32)18-8-10-21-22(15-18)37-12-11-36-21)27(33)28(34)31(25)29-30-20-9-7-16(2)13-23(20)38-29/h4-10,13-15,25,32H,3,11-12H2,1-2H3/b26-24+/t25-/m1/s1. The van der Waals surface area contributed by atoms with Gasteiger partial charge in [0.25, 0.3) is 5.78 Å². The van der Waals surface area contributed by atoms with Gasteiger partial charge in [0.2, 0.25) is 0 Å². The molecular weight excluding hydrogens is 504 g/mol. The number of rotatable bonds is 5. The largest absolute Gasteiger partial charge is 0.507 e. The van der Waals surface area contributed by atoms with Gasteiger partial charge in [-0.05, 0) is 67.4 Å². The van der Waals surface area contributed by atoms with E-state index in [1.165, 1.54) is 16.2 Å². The van der Waals surface area contributed by atoms with Gasteiger partial charge in [0.05, 0.1) is 28.4 Å². The van der Waals surface area contributed by atoms with Crippen LogP contribution in [0, 0.1) is 6.92 Å². The molecule has 0 spiro atoms. The number of nitrogens with zero attached hydrogens (tertiary/aromatic N) is 2. The number of benzene rings is 3. The number of anilines is 1. The van der Waals surface area contributed by atoms with E-state index in [0.717, 1.165) is 15.8 Å². The number of hydrogen-bond acceptors (Lipinski definition) is 8. The Balaban J connectivity index is 1.54. The Bertz CT molecular complexity index is 1620. The maximum atomic E-state index is 13.5. The molecule has 2 aliphatic heterocycles. The zero-order chi connectivity index (χ0) is 26.4. The van der Waals surface area contributed by atoms with Crippen molar-refractivity contribution in [2.45, 2.75) is 19.9 Å². The van der Waals surface area contributed by atoms with Crippen molar-refractivity contribution in [3.05, 3.63) is 82.9 Å². The number of thiazole rings is 1. The van der Waals surface area contributed by atoms with Crippen LogP contribution in [0.4, 0.5) is 5.13 Å². The van der Waals surface area contributed by atoms with Gasteiger partial charge in [-0.1, -0.05) is 29.5 Å². The molecule has 0 saturated carbocycles. The lowest BCUT2D eigenvalue weighted by Gasteiger charge is -2.23. The molecule has 0 unspecified atom stereocenters. The first kappa shape index (κ1) is 24.0. The van der Waals surface area contributed by atoms with Crippen molar-refractivity contribution in [2.75, 3.05) is 24.7 Å². The van der Waals surface area contributed by atoms with Crippen LogP contribution in [0.1, 0.15) is 29.7 Å². The third-order valence-electron chi connectivity index (χ3n) is 6.48. The maximum absolute atomic E-state index is 13.5. The molecule has 1 N–H and O–H groups in total. The molecule has 2 aliphatic rings. The van der Waals surface area contributed by atoms with Gasteiger partial charge in [-0.25, -0.2) is 4.98 Å². The lowest BCUT2D eigenvalue weighted by molar-refractivity contribution is -0.132. The molecule has 1 fully saturated rings. The van der Waals surface area contributed by atoms with Gasteiger partial charge >= 0.3 is 5.91 Å². The Hall–Kier alpha value is -4.37. The fourth-order valence-corrected chi connectivity index (χ4v) is 5.85. The highest BCUT2D eigenvalue weighted by Gasteiger charge is 2.48. The van der Waals surface area contributed by atoms with Crippen molar-refractivity contribution in [3.8, 4) is 17.2 Å². The summed E-state index contributed by atoms with van der Waals surface area (Å²) in [6, 6.07) is 17.1. The van der Waals surface area contributed by atoms with Gasteiger partial charge in [-0.2, -0.15) is 0 Å². The second-order valence-corrected chi connectivity index (χ2v) is 10.0. The second-order valence-electron chi connectivity index (χ2n) is 9.00. The van der Waals surface area contributed by atoms with Crippen LogP contribution in [0.2, 0.25) is 0 Å². The Morgan fingerprint density at radius 3 is 2.71 bits per heavy atom. The lowest BCUT2D eigenvalue weighted by atomic mass is 9.95. The predicted molar refractivity (Wildman–Crippen MR) is 144 cm³/mol. The summed E-state index contributed by atoms with van der Waals surface area (Å²) in [7, 11) is 0. The summed E-state index contributed by atoms with van der Waals surface area (Å²) in [5.74, 6) is -0.238. The van der Waals surface area contributed by atoms with Crippen molar-refractivity contribution >= 4 is 44.1 Å². The number of aliphatic hydroxyl groups excluding tert-OH is 1. The normalized spacial score (nSPS) is 18.3. The van der Waals surface area contributed by atoms with Gasteiger partial charge < -0.3 is 19.3 Å². The predicted octanol–water partition coefficient (Wildman–Crippen LogP) is 5.40. The van der Waals surface area contributed by atoms with Crippen LogP contribution in [-0.4, -0.2) is 41.6 Å². The van der Waals surface area contributed by atoms with Gasteiger partial charge in [0.1, 0.15) is 24.7 Å². The highest BCUT2D eigenvalue weighted by Crippen LogP contribution is 2.45. The molecule has 1 atom stereocenters. The molecule has 192 valence electrons. The number of Topliss-reactive ketones (excluding diaryl/α,β-unsaturated/α-hetero) is 1. The topological polar surface area (TPSA) is 98.2 Å². The number of carbonyl (C=O) groups is 2. The van der Waals surface area contributed by atoms with E-state index in [1.54, 1.807) is 42.5 Å². The van der Waals surface area contributed by atoms with Crippen molar-refractivity contribution in [2.24, 2.45) is 0 Å². The Labute approximate surface area is 222 Å². The van der Waals surface area contributed by atoms with E-state index in [0.29, 0.717) is 53.3 Å². The van der Waals surface area contributed by atoms with Crippen LogP contribution < -0.4 is 19.1 Å². The van der Waals surface area contributed by atoms with Crippen LogP contribution >= 0.6 is 11.3 Å². The van der Waals surface area contributed by atoms with E-state index in [-0.39, 0.29) is 11.3 Å². The molecule has 6 rings (SSSR count). The highest BCUT2D eigenvalue weighted by atomic mass is 32.1. The second kappa shape index (κ2) is 9.50. The van der Waals surface area contributed by atoms with Gasteiger partial charge in [-0.15, -0.1) is 0 Å². The van der Waals surface area contributed by atoms with Crippen LogP contribution in [0.25, 0.3) is 16.0 Å². The Morgan fingerprint density at radius 2 is 1.89 bits per heavy atom. The molecule has 3 aromatic carbocycles. The quantitative estimate of drug-likeness (QED) is 0.210. The average molecular weight is 529 g/mol. The number of ether oxygens (including phenoxy) is 3. The van der Waals surface area contributed by atoms with Crippen LogP contribution in [0.15, 0.2) is 66.2 Å². The molecule has 0 radical (unpaired) electrons. The molecule has 38 heavy (non-hydrogen) atoms. The molecular formula is C29H24N2O6S. The molecule has 1 saturated heterocycles. The first-order chi connectivity index (χ1) is 18.4. The van der Waals surface area contributed by atoms with Crippen molar-refractivity contribution < 1.29 is 28.9 Å². The Morgan fingerprint density at radius 1 is 1.08 bits per heavy atom. The first-order valence-electron chi connectivity index (χ1n) is 12.3. The summed E-state index contributed by atoms with van der Waals surface area (Å²) < 4.78 is 17.8. The number of aromatic nitrogens is 1. The number of amides is 1. The minimum absolute atomic E-state index is 0.0317. The molecule has 4 aromatic rings. The molecule has 0 aliphatic carbocycles. The zero-order valence-corrected chi connectivity index (χ0v) is 21.6. The average Bonchev–Trinajstić information content (AvgIpc) is 3.46. The third-order valence-corrected chi connectivity index (χ3v) is 7.50. The van der Waals surface area contributed by atoms with Crippen LogP contribution in [0.3, 0.4) is 0 Å². The smallest absolute Gasteiger partial charge is 0.301 e. The first-order valence-corrected chi connectivity index (χ1v) is 13.1. The fourth-order valence-electron chi connectivity index (χ4n) is 4.76. The van der Waals surface area contributed by atoms with Crippen molar-refractivity contribution in [3.63, 3.8) is 0 Å². The van der Waals surface area contributed by atoms with E-state index in [9.17, 15) is 14.7 Å². The van der Waals surface area contributed by atoms with Crippen molar-refractivity contribution in [1.82, 2.24) is 4.98 Å². The van der Waals surface area contributed by atoms with Crippen LogP contribution in [0.5, 0.6) is 17.2 Å². The van der Waals surface area contributed by atoms with Gasteiger partial charge in [0.15, 0.2) is 16.6 Å². The molecule has 3 heterocycles. The van der Waals surface area contributed by atoms with Gasteiger partial charge in [-0.3, -0.25) is 14.5 Å². The SMILES string of the molecule is CCOc1cccc([C@@H]2/C(=C(\O)c3ccc4c(c3)OCCO4)C(=O)C(=O)N2c2nc3ccc(C)cc3s2)c1. The number of aryl methyl sites for hydroxylation is 1. The minimum Gasteiger partial charge on any atom is -0.507 e. The van der Waals surface area contributed by atoms with E-state index in [2.05, 4.69) is 4.98 Å². The van der Waals surface area contributed by atoms with Crippen LogP contribution in [-0.2, 0) is 9.59 Å². The summed E-state index contributed by atoms with van der Waals surface area (Å²) >= 11 is 1.33. The number of fused-ring (bicyclic) bond motifs is 2. The fraction of sp³-hybridized carbons (Fsp3) is 0.207. The molecule has 8 nitrogen and oxygen atoms in total. The van der Waals surface area contributed by atoms with Crippen molar-refractivity contribution in [1.29, 1.82) is 0 Å². The maximum Gasteiger partial charge on any atom is 0.301 e. The number of aliphatic hydroxyl groups is 1. The lowest BCUT2D eigenvalue weighted by Crippen LogP contribution is -2.29.